The molecule has 0 fully saturated rings. The van der Waals surface area contributed by atoms with E-state index in [1.54, 1.807) is 6.26 Å². The zero-order valence-corrected chi connectivity index (χ0v) is 19.8. The quantitative estimate of drug-likeness (QED) is 0.359. The van der Waals surface area contributed by atoms with Gasteiger partial charge in [-0.25, -0.2) is 9.78 Å². The molecule has 0 spiro atoms. The van der Waals surface area contributed by atoms with Crippen LogP contribution in [-0.4, -0.2) is 23.5 Å². The monoisotopic (exact) mass is 466 g/mol. The number of hydrogen-bond donors (Lipinski definition) is 1. The van der Waals surface area contributed by atoms with Crippen molar-refractivity contribution in [2.75, 3.05) is 11.9 Å². The third-order valence-corrected chi connectivity index (χ3v) is 6.31. The van der Waals surface area contributed by atoms with Crippen molar-refractivity contribution in [3.8, 4) is 0 Å². The number of carbonyl (C=O) groups excluding carboxylic acids is 2. The topological polar surface area (TPSA) is 81.4 Å². The summed E-state index contributed by atoms with van der Waals surface area (Å²) in [7, 11) is 0. The number of carbonyl (C=O) groups is 2. The van der Waals surface area contributed by atoms with Gasteiger partial charge in [0.05, 0.1) is 23.0 Å². The zero-order valence-electron chi connectivity index (χ0n) is 19.8. The third-order valence-electron chi connectivity index (χ3n) is 6.31. The van der Waals surface area contributed by atoms with Crippen molar-refractivity contribution in [1.29, 1.82) is 0 Å². The maximum absolute atomic E-state index is 13.4. The van der Waals surface area contributed by atoms with Gasteiger partial charge >= 0.3 is 5.97 Å². The Labute approximate surface area is 203 Å². The first-order chi connectivity index (χ1) is 17.0. The van der Waals surface area contributed by atoms with E-state index >= 15 is 0 Å². The number of esters is 1. The van der Waals surface area contributed by atoms with Crippen LogP contribution < -0.4 is 5.32 Å². The van der Waals surface area contributed by atoms with Crippen molar-refractivity contribution < 1.29 is 18.7 Å². The number of benzene rings is 2. The average Bonchev–Trinajstić information content (AvgIpc) is 3.37. The standard InChI is InChI=1S/C29H26N2O4/c1-18-8-5-9-19(2)27(18)31-25(32)17-35-29(33)26-22-12-3-4-14-24(22)30-28-20(10-6-13-23(26)28)16-21-11-7-15-34-21/h3-5,7-9,11-12,14-16H,6,10,13,17H2,1-2H3,(H,31,32). The number of nitrogens with one attached hydrogen (secondary N) is 1. The van der Waals surface area contributed by atoms with Crippen molar-refractivity contribution >= 4 is 40.1 Å². The Bertz CT molecular complexity index is 1430. The molecule has 1 amide bonds. The number of rotatable bonds is 5. The molecule has 2 aromatic heterocycles. The van der Waals surface area contributed by atoms with E-state index in [0.717, 1.165) is 57.6 Å². The van der Waals surface area contributed by atoms with E-state index in [4.69, 9.17) is 14.1 Å². The van der Waals surface area contributed by atoms with E-state index in [1.807, 2.05) is 74.5 Å². The highest BCUT2D eigenvalue weighted by Crippen LogP contribution is 2.36. The Morgan fingerprint density at radius 1 is 1.03 bits per heavy atom. The lowest BCUT2D eigenvalue weighted by atomic mass is 9.86. The smallest absolute Gasteiger partial charge is 0.339 e. The van der Waals surface area contributed by atoms with Gasteiger partial charge in [-0.1, -0.05) is 36.4 Å². The number of nitrogens with zero attached hydrogens (tertiary/aromatic N) is 1. The summed E-state index contributed by atoms with van der Waals surface area (Å²) in [5.41, 5.74) is 6.51. The Morgan fingerprint density at radius 2 is 1.83 bits per heavy atom. The summed E-state index contributed by atoms with van der Waals surface area (Å²) >= 11 is 0. The van der Waals surface area contributed by atoms with Crippen molar-refractivity contribution in [3.05, 3.63) is 94.6 Å². The fraction of sp³-hybridized carbons (Fsp3) is 0.207. The van der Waals surface area contributed by atoms with Gasteiger partial charge in [0, 0.05) is 11.1 Å². The van der Waals surface area contributed by atoms with Crippen LogP contribution in [0.1, 0.15) is 51.3 Å². The molecule has 6 heteroatoms. The van der Waals surface area contributed by atoms with Crippen LogP contribution in [0.2, 0.25) is 0 Å². The molecule has 0 saturated carbocycles. The number of pyridine rings is 1. The first-order valence-corrected chi connectivity index (χ1v) is 11.7. The molecule has 0 unspecified atom stereocenters. The maximum atomic E-state index is 13.4. The fourth-order valence-electron chi connectivity index (χ4n) is 4.64. The highest BCUT2D eigenvalue weighted by atomic mass is 16.5. The highest BCUT2D eigenvalue weighted by Gasteiger charge is 2.26. The molecule has 0 atom stereocenters. The predicted molar refractivity (Wildman–Crippen MR) is 136 cm³/mol. The number of ether oxygens (including phenoxy) is 1. The van der Waals surface area contributed by atoms with Crippen LogP contribution in [0.15, 0.2) is 65.3 Å². The Hall–Kier alpha value is -4.19. The van der Waals surface area contributed by atoms with E-state index < -0.39 is 5.97 Å². The molecule has 2 aromatic carbocycles. The Morgan fingerprint density at radius 3 is 2.60 bits per heavy atom. The van der Waals surface area contributed by atoms with Crippen LogP contribution in [0.4, 0.5) is 5.69 Å². The zero-order chi connectivity index (χ0) is 24.4. The van der Waals surface area contributed by atoms with Crippen LogP contribution >= 0.6 is 0 Å². The second-order valence-electron chi connectivity index (χ2n) is 8.76. The summed E-state index contributed by atoms with van der Waals surface area (Å²) < 4.78 is 11.0. The number of aryl methyl sites for hydroxylation is 2. The Balaban J connectivity index is 1.46. The number of hydrogen-bond acceptors (Lipinski definition) is 5. The lowest BCUT2D eigenvalue weighted by Crippen LogP contribution is -2.23. The van der Waals surface area contributed by atoms with Crippen LogP contribution in [0.25, 0.3) is 22.6 Å². The van der Waals surface area contributed by atoms with Gasteiger partial charge in [-0.3, -0.25) is 4.79 Å². The largest absolute Gasteiger partial charge is 0.465 e. The first kappa shape index (κ1) is 22.6. The van der Waals surface area contributed by atoms with E-state index in [-0.39, 0.29) is 12.5 Å². The van der Waals surface area contributed by atoms with Crippen molar-refractivity contribution in [1.82, 2.24) is 4.98 Å². The number of fused-ring (bicyclic) bond motifs is 2. The van der Waals surface area contributed by atoms with Gasteiger partial charge in [0.15, 0.2) is 6.61 Å². The summed E-state index contributed by atoms with van der Waals surface area (Å²) in [5, 5.41) is 3.60. The molecule has 5 rings (SSSR count). The number of allylic oxidation sites excluding steroid dienone is 1. The van der Waals surface area contributed by atoms with Crippen molar-refractivity contribution in [2.24, 2.45) is 0 Å². The minimum absolute atomic E-state index is 0.368. The number of amides is 1. The fourth-order valence-corrected chi connectivity index (χ4v) is 4.64. The van der Waals surface area contributed by atoms with Gasteiger partial charge in [0.1, 0.15) is 5.76 Å². The van der Waals surface area contributed by atoms with E-state index in [1.165, 1.54) is 0 Å². The van der Waals surface area contributed by atoms with Crippen LogP contribution in [0.5, 0.6) is 0 Å². The molecule has 0 saturated heterocycles. The average molecular weight is 467 g/mol. The molecule has 35 heavy (non-hydrogen) atoms. The van der Waals surface area contributed by atoms with Gasteiger partial charge in [-0.2, -0.15) is 0 Å². The SMILES string of the molecule is Cc1cccc(C)c1NC(=O)COC(=O)c1c2c(nc3ccccc13)C(=Cc1ccco1)CCC2. The second-order valence-corrected chi connectivity index (χ2v) is 8.76. The van der Waals surface area contributed by atoms with Crippen LogP contribution in [0, 0.1) is 13.8 Å². The third kappa shape index (κ3) is 4.60. The number of aromatic nitrogens is 1. The van der Waals surface area contributed by atoms with E-state index in [9.17, 15) is 9.59 Å². The second kappa shape index (κ2) is 9.58. The molecule has 1 aliphatic rings. The summed E-state index contributed by atoms with van der Waals surface area (Å²) in [4.78, 5) is 30.9. The molecule has 2 heterocycles. The molecule has 0 aliphatic heterocycles. The molecule has 176 valence electrons. The molecular weight excluding hydrogens is 440 g/mol. The molecule has 1 N–H and O–H groups in total. The minimum Gasteiger partial charge on any atom is -0.465 e. The maximum Gasteiger partial charge on any atom is 0.339 e. The lowest BCUT2D eigenvalue weighted by molar-refractivity contribution is -0.119. The number of furan rings is 1. The van der Waals surface area contributed by atoms with Gasteiger partial charge in [0.25, 0.3) is 5.91 Å². The summed E-state index contributed by atoms with van der Waals surface area (Å²) in [6, 6.07) is 17.1. The van der Waals surface area contributed by atoms with Crippen LogP contribution in [-0.2, 0) is 16.0 Å². The summed E-state index contributed by atoms with van der Waals surface area (Å²) in [6.45, 7) is 3.49. The van der Waals surface area contributed by atoms with Crippen LogP contribution in [0.3, 0.4) is 0 Å². The molecule has 4 aromatic rings. The van der Waals surface area contributed by atoms with Gasteiger partial charge in [-0.05, 0) is 79.6 Å². The van der Waals surface area contributed by atoms with Gasteiger partial charge in [0.2, 0.25) is 0 Å². The van der Waals surface area contributed by atoms with Crippen molar-refractivity contribution in [2.45, 2.75) is 33.1 Å². The molecular formula is C29H26N2O4. The minimum atomic E-state index is -0.518. The lowest BCUT2D eigenvalue weighted by Gasteiger charge is -2.22. The van der Waals surface area contributed by atoms with E-state index in [2.05, 4.69) is 5.32 Å². The number of anilines is 1. The molecule has 0 radical (unpaired) electrons. The van der Waals surface area contributed by atoms with Crippen molar-refractivity contribution in [3.63, 3.8) is 0 Å². The van der Waals surface area contributed by atoms with Gasteiger partial charge < -0.3 is 14.5 Å². The van der Waals surface area contributed by atoms with E-state index in [0.29, 0.717) is 17.5 Å². The summed E-state index contributed by atoms with van der Waals surface area (Å²) in [5.74, 6) is -0.146. The highest BCUT2D eigenvalue weighted by molar-refractivity contribution is 6.07. The molecule has 1 aliphatic carbocycles. The predicted octanol–water partition coefficient (Wildman–Crippen LogP) is 6.12. The van der Waals surface area contributed by atoms with Gasteiger partial charge in [-0.15, -0.1) is 0 Å². The first-order valence-electron chi connectivity index (χ1n) is 11.7. The Kier molecular flexibility index (Phi) is 6.19. The normalized spacial score (nSPS) is 14.1. The summed E-state index contributed by atoms with van der Waals surface area (Å²) in [6.07, 6.45) is 6.05. The molecule has 6 nitrogen and oxygen atoms in total. The molecule has 0 bridgehead atoms. The number of para-hydroxylation sites is 2.